The van der Waals surface area contributed by atoms with Crippen LogP contribution in [0.25, 0.3) is 0 Å². The van der Waals surface area contributed by atoms with E-state index in [9.17, 15) is 0 Å². The van der Waals surface area contributed by atoms with Crippen molar-refractivity contribution >= 4 is 0 Å². The third-order valence-corrected chi connectivity index (χ3v) is 4.95. The van der Waals surface area contributed by atoms with E-state index in [0.29, 0.717) is 0 Å². The van der Waals surface area contributed by atoms with Crippen molar-refractivity contribution in [1.82, 2.24) is 10.2 Å². The predicted octanol–water partition coefficient (Wildman–Crippen LogP) is 3.53. The van der Waals surface area contributed by atoms with Crippen molar-refractivity contribution in [1.29, 1.82) is 0 Å². The van der Waals surface area contributed by atoms with Crippen LogP contribution in [0.3, 0.4) is 0 Å². The molecule has 1 aromatic carbocycles. The highest BCUT2D eigenvalue weighted by atomic mass is 15.1. The smallest absolute Gasteiger partial charge is 0.0206 e. The summed E-state index contributed by atoms with van der Waals surface area (Å²) >= 11 is 0. The van der Waals surface area contributed by atoms with Crippen LogP contribution in [-0.2, 0) is 6.54 Å². The van der Waals surface area contributed by atoms with Gasteiger partial charge in [0.1, 0.15) is 0 Å². The van der Waals surface area contributed by atoms with E-state index in [4.69, 9.17) is 0 Å². The molecule has 1 N–H and O–H groups in total. The largest absolute Gasteiger partial charge is 0.311 e. The molecule has 0 amide bonds. The summed E-state index contributed by atoms with van der Waals surface area (Å²) in [5, 5.41) is 3.58. The van der Waals surface area contributed by atoms with Crippen molar-refractivity contribution in [3.05, 3.63) is 35.4 Å². The lowest BCUT2D eigenvalue weighted by molar-refractivity contribution is 0.245. The van der Waals surface area contributed by atoms with Crippen LogP contribution in [-0.4, -0.2) is 31.1 Å². The molecule has 2 saturated carbocycles. The Bertz CT molecular complexity index is 402. The number of benzene rings is 1. The molecule has 0 spiro atoms. The molecule has 0 unspecified atom stereocenters. The van der Waals surface area contributed by atoms with Crippen molar-refractivity contribution in [3.63, 3.8) is 0 Å². The fourth-order valence-corrected chi connectivity index (χ4v) is 3.34. The summed E-state index contributed by atoms with van der Waals surface area (Å²) in [4.78, 5) is 2.54. The SMILES string of the molecule is CN(CCNCc1ccc(C2CC2)cc1)C1CCCC1. The summed E-state index contributed by atoms with van der Waals surface area (Å²) in [6.07, 6.45) is 8.44. The summed E-state index contributed by atoms with van der Waals surface area (Å²) in [6.45, 7) is 3.27. The zero-order chi connectivity index (χ0) is 13.8. The Labute approximate surface area is 123 Å². The number of nitrogens with one attached hydrogen (secondary N) is 1. The van der Waals surface area contributed by atoms with Gasteiger partial charge in [-0.1, -0.05) is 37.1 Å². The molecule has 0 bridgehead atoms. The Balaban J connectivity index is 1.34. The van der Waals surface area contributed by atoms with E-state index >= 15 is 0 Å². The number of nitrogens with zero attached hydrogens (tertiary/aromatic N) is 1. The van der Waals surface area contributed by atoms with Crippen LogP contribution in [0.5, 0.6) is 0 Å². The number of likely N-dealkylation sites (N-methyl/N-ethyl adjacent to an activating group) is 1. The third-order valence-electron chi connectivity index (χ3n) is 4.95. The molecule has 0 saturated heterocycles. The van der Waals surface area contributed by atoms with Gasteiger partial charge in [-0.05, 0) is 49.8 Å². The zero-order valence-electron chi connectivity index (χ0n) is 12.8. The first-order valence-corrected chi connectivity index (χ1v) is 8.33. The predicted molar refractivity (Wildman–Crippen MR) is 85.0 cm³/mol. The maximum atomic E-state index is 3.58. The fraction of sp³-hybridized carbons (Fsp3) is 0.667. The minimum absolute atomic E-state index is 0.842. The van der Waals surface area contributed by atoms with Crippen LogP contribution in [0.15, 0.2) is 24.3 Å². The van der Waals surface area contributed by atoms with E-state index in [2.05, 4.69) is 41.5 Å². The van der Waals surface area contributed by atoms with E-state index in [1.165, 1.54) is 56.2 Å². The van der Waals surface area contributed by atoms with Crippen molar-refractivity contribution in [2.24, 2.45) is 0 Å². The van der Waals surface area contributed by atoms with Crippen molar-refractivity contribution in [2.45, 2.75) is 57.0 Å². The minimum atomic E-state index is 0.842. The van der Waals surface area contributed by atoms with Gasteiger partial charge in [-0.3, -0.25) is 0 Å². The molecular formula is C18H28N2. The second-order valence-electron chi connectivity index (χ2n) is 6.61. The number of hydrogen-bond acceptors (Lipinski definition) is 2. The Hall–Kier alpha value is -0.860. The van der Waals surface area contributed by atoms with Crippen LogP contribution < -0.4 is 5.32 Å². The van der Waals surface area contributed by atoms with E-state index in [-0.39, 0.29) is 0 Å². The molecule has 2 nitrogen and oxygen atoms in total. The highest BCUT2D eigenvalue weighted by Gasteiger charge is 2.22. The molecule has 3 rings (SSSR count). The molecule has 0 atom stereocenters. The number of hydrogen-bond donors (Lipinski definition) is 1. The summed E-state index contributed by atoms with van der Waals surface area (Å²) in [7, 11) is 2.28. The molecule has 110 valence electrons. The van der Waals surface area contributed by atoms with Gasteiger partial charge in [0.05, 0.1) is 0 Å². The highest BCUT2D eigenvalue weighted by Crippen LogP contribution is 2.39. The zero-order valence-corrected chi connectivity index (χ0v) is 12.8. The maximum Gasteiger partial charge on any atom is 0.0206 e. The Kier molecular flexibility index (Phi) is 4.74. The van der Waals surface area contributed by atoms with Gasteiger partial charge in [-0.15, -0.1) is 0 Å². The van der Waals surface area contributed by atoms with Gasteiger partial charge in [0.2, 0.25) is 0 Å². The summed E-state index contributed by atoms with van der Waals surface area (Å²) in [6, 6.07) is 10.1. The summed E-state index contributed by atoms with van der Waals surface area (Å²) in [5.41, 5.74) is 2.95. The fourth-order valence-electron chi connectivity index (χ4n) is 3.34. The van der Waals surface area contributed by atoms with Crippen LogP contribution in [0.1, 0.15) is 55.6 Å². The van der Waals surface area contributed by atoms with Crippen LogP contribution >= 0.6 is 0 Å². The molecule has 0 radical (unpaired) electrons. The Morgan fingerprint density at radius 2 is 1.75 bits per heavy atom. The Morgan fingerprint density at radius 3 is 2.40 bits per heavy atom. The first-order chi connectivity index (χ1) is 9.83. The average molecular weight is 272 g/mol. The molecule has 1 aromatic rings. The van der Waals surface area contributed by atoms with Crippen molar-refractivity contribution < 1.29 is 0 Å². The lowest BCUT2D eigenvalue weighted by Gasteiger charge is -2.24. The quantitative estimate of drug-likeness (QED) is 0.764. The van der Waals surface area contributed by atoms with Crippen LogP contribution in [0.2, 0.25) is 0 Å². The minimum Gasteiger partial charge on any atom is -0.311 e. The summed E-state index contributed by atoms with van der Waals surface area (Å²) in [5.74, 6) is 0.872. The maximum absolute atomic E-state index is 3.58. The normalized spacial score (nSPS) is 19.9. The van der Waals surface area contributed by atoms with Gasteiger partial charge in [0, 0.05) is 25.7 Å². The van der Waals surface area contributed by atoms with E-state index in [1.807, 2.05) is 0 Å². The second-order valence-corrected chi connectivity index (χ2v) is 6.61. The van der Waals surface area contributed by atoms with E-state index in [0.717, 1.165) is 25.0 Å². The standard InChI is InChI=1S/C18H28N2/c1-20(18-4-2-3-5-18)13-12-19-14-15-6-8-16(9-7-15)17-10-11-17/h6-9,17-19H,2-5,10-14H2,1H3. The molecule has 2 heteroatoms. The second kappa shape index (κ2) is 6.73. The van der Waals surface area contributed by atoms with Crippen LogP contribution in [0.4, 0.5) is 0 Å². The molecule has 0 aromatic heterocycles. The Morgan fingerprint density at radius 1 is 1.05 bits per heavy atom. The summed E-state index contributed by atoms with van der Waals surface area (Å²) < 4.78 is 0. The highest BCUT2D eigenvalue weighted by molar-refractivity contribution is 5.27. The average Bonchev–Trinajstić information content (AvgIpc) is 3.18. The lowest BCUT2D eigenvalue weighted by Crippen LogP contribution is -2.35. The van der Waals surface area contributed by atoms with Gasteiger partial charge in [-0.2, -0.15) is 0 Å². The van der Waals surface area contributed by atoms with E-state index < -0.39 is 0 Å². The van der Waals surface area contributed by atoms with Crippen molar-refractivity contribution in [3.8, 4) is 0 Å². The van der Waals surface area contributed by atoms with Gasteiger partial charge in [0.25, 0.3) is 0 Å². The first kappa shape index (κ1) is 14.1. The van der Waals surface area contributed by atoms with Gasteiger partial charge in [0.15, 0.2) is 0 Å². The molecular weight excluding hydrogens is 244 g/mol. The molecule has 0 heterocycles. The van der Waals surface area contributed by atoms with Gasteiger partial charge in [-0.25, -0.2) is 0 Å². The third kappa shape index (κ3) is 3.83. The topological polar surface area (TPSA) is 15.3 Å². The van der Waals surface area contributed by atoms with Gasteiger partial charge >= 0.3 is 0 Å². The first-order valence-electron chi connectivity index (χ1n) is 8.33. The van der Waals surface area contributed by atoms with Crippen molar-refractivity contribution in [2.75, 3.05) is 20.1 Å². The molecule has 2 aliphatic carbocycles. The molecule has 0 aliphatic heterocycles. The molecule has 2 fully saturated rings. The number of rotatable bonds is 7. The molecule has 20 heavy (non-hydrogen) atoms. The van der Waals surface area contributed by atoms with Gasteiger partial charge < -0.3 is 10.2 Å². The van der Waals surface area contributed by atoms with Crippen LogP contribution in [0, 0.1) is 0 Å². The molecule has 2 aliphatic rings. The monoisotopic (exact) mass is 272 g/mol. The van der Waals surface area contributed by atoms with E-state index in [1.54, 1.807) is 0 Å². The lowest BCUT2D eigenvalue weighted by atomic mass is 10.1.